The second-order valence-corrected chi connectivity index (χ2v) is 3.57. The van der Waals surface area contributed by atoms with Gasteiger partial charge in [-0.1, -0.05) is 5.92 Å². The molecule has 0 aliphatic carbocycles. The average molecular weight is 196 g/mol. The van der Waals surface area contributed by atoms with Crippen molar-refractivity contribution in [2.45, 2.75) is 6.04 Å². The van der Waals surface area contributed by atoms with E-state index in [1.165, 1.54) is 0 Å². The summed E-state index contributed by atoms with van der Waals surface area (Å²) in [5.74, 6) is 2.06. The van der Waals surface area contributed by atoms with Crippen LogP contribution >= 0.6 is 0 Å². The molecule has 1 fully saturated rings. The van der Waals surface area contributed by atoms with Crippen LogP contribution in [0.5, 0.6) is 0 Å². The van der Waals surface area contributed by atoms with E-state index in [0.717, 1.165) is 13.1 Å². The second-order valence-electron chi connectivity index (χ2n) is 3.57. The van der Waals surface area contributed by atoms with E-state index in [0.29, 0.717) is 6.54 Å². The molecule has 1 aliphatic heterocycles. The predicted octanol–water partition coefficient (Wildman–Crippen LogP) is -0.591. The van der Waals surface area contributed by atoms with Gasteiger partial charge in [-0.2, -0.15) is 0 Å². The summed E-state index contributed by atoms with van der Waals surface area (Å²) in [5, 5.41) is 0. The fraction of sp³-hybridized carbons (Fsp3) is 0.700. The molecule has 0 radical (unpaired) electrons. The van der Waals surface area contributed by atoms with Gasteiger partial charge >= 0.3 is 5.97 Å². The van der Waals surface area contributed by atoms with Crippen LogP contribution in [0.1, 0.15) is 0 Å². The fourth-order valence-corrected chi connectivity index (χ4v) is 1.47. The van der Waals surface area contributed by atoms with Crippen molar-refractivity contribution in [2.75, 3.05) is 40.3 Å². The molecule has 0 spiro atoms. The van der Waals surface area contributed by atoms with Crippen LogP contribution in [-0.2, 0) is 9.53 Å². The number of hydrogen-bond acceptors (Lipinski definition) is 4. The number of nitrogens with zero attached hydrogens (tertiary/aromatic N) is 2. The minimum absolute atomic E-state index is 0.0624. The quantitative estimate of drug-likeness (QED) is 0.436. The lowest BCUT2D eigenvalue weighted by Crippen LogP contribution is -2.54. The third kappa shape index (κ3) is 2.72. The predicted molar refractivity (Wildman–Crippen MR) is 53.7 cm³/mol. The Kier molecular flexibility index (Phi) is 3.93. The molecule has 14 heavy (non-hydrogen) atoms. The molecule has 1 unspecified atom stereocenters. The minimum Gasteiger partial charge on any atom is -0.451 e. The van der Waals surface area contributed by atoms with Gasteiger partial charge in [0.1, 0.15) is 6.04 Å². The van der Waals surface area contributed by atoms with Gasteiger partial charge in [0.25, 0.3) is 0 Å². The van der Waals surface area contributed by atoms with E-state index >= 15 is 0 Å². The first-order chi connectivity index (χ1) is 6.65. The summed E-state index contributed by atoms with van der Waals surface area (Å²) >= 11 is 0. The van der Waals surface area contributed by atoms with Crippen molar-refractivity contribution in [3.8, 4) is 12.3 Å². The zero-order chi connectivity index (χ0) is 10.6. The lowest BCUT2D eigenvalue weighted by atomic mass is 10.2. The maximum atomic E-state index is 11.5. The van der Waals surface area contributed by atoms with Crippen LogP contribution in [0.4, 0.5) is 0 Å². The third-order valence-corrected chi connectivity index (χ3v) is 2.42. The molecule has 0 saturated carbocycles. The van der Waals surface area contributed by atoms with Gasteiger partial charge in [0.05, 0.1) is 0 Å². The fourth-order valence-electron chi connectivity index (χ4n) is 1.47. The van der Waals surface area contributed by atoms with Crippen LogP contribution in [0.15, 0.2) is 0 Å². The Morgan fingerprint density at radius 3 is 2.93 bits per heavy atom. The lowest BCUT2D eigenvalue weighted by molar-refractivity contribution is -0.150. The number of hydrogen-bond donors (Lipinski definition) is 0. The van der Waals surface area contributed by atoms with Gasteiger partial charge in [0.15, 0.2) is 6.61 Å². The molecule has 1 heterocycles. The van der Waals surface area contributed by atoms with Gasteiger partial charge in [0, 0.05) is 19.6 Å². The van der Waals surface area contributed by atoms with E-state index < -0.39 is 0 Å². The Bertz CT molecular complexity index is 247. The highest BCUT2D eigenvalue weighted by molar-refractivity contribution is 5.76. The first-order valence-corrected chi connectivity index (χ1v) is 4.64. The van der Waals surface area contributed by atoms with E-state index in [1.54, 1.807) is 0 Å². The molecule has 1 rings (SSSR count). The highest BCUT2D eigenvalue weighted by atomic mass is 16.5. The number of ether oxygens (including phenoxy) is 1. The van der Waals surface area contributed by atoms with Gasteiger partial charge < -0.3 is 9.64 Å². The standard InChI is InChI=1S/C10H16N2O2/c1-4-7-14-10(13)9-8-11(2)5-6-12(9)3/h1,9H,5-8H2,2-3H3. The van der Waals surface area contributed by atoms with E-state index in [4.69, 9.17) is 11.2 Å². The molecule has 1 aliphatic rings. The summed E-state index contributed by atoms with van der Waals surface area (Å²) in [5.41, 5.74) is 0. The maximum Gasteiger partial charge on any atom is 0.325 e. The highest BCUT2D eigenvalue weighted by Gasteiger charge is 2.29. The Morgan fingerprint density at radius 1 is 1.57 bits per heavy atom. The van der Waals surface area contributed by atoms with Crippen LogP contribution in [0.2, 0.25) is 0 Å². The molecule has 1 saturated heterocycles. The van der Waals surface area contributed by atoms with Crippen molar-refractivity contribution in [1.29, 1.82) is 0 Å². The molecule has 0 amide bonds. The topological polar surface area (TPSA) is 32.8 Å². The smallest absolute Gasteiger partial charge is 0.325 e. The average Bonchev–Trinajstić information content (AvgIpc) is 2.18. The first kappa shape index (κ1) is 11.0. The molecule has 78 valence electrons. The SMILES string of the molecule is C#CCOC(=O)C1CN(C)CCN1C. The molecule has 1 atom stereocenters. The van der Waals surface area contributed by atoms with Crippen molar-refractivity contribution < 1.29 is 9.53 Å². The van der Waals surface area contributed by atoms with E-state index in [2.05, 4.69) is 10.8 Å². The molecular formula is C10H16N2O2. The van der Waals surface area contributed by atoms with E-state index in [9.17, 15) is 4.79 Å². The zero-order valence-corrected chi connectivity index (χ0v) is 8.69. The molecule has 0 aromatic carbocycles. The van der Waals surface area contributed by atoms with Crippen LogP contribution in [0, 0.1) is 12.3 Å². The number of terminal acetylenes is 1. The monoisotopic (exact) mass is 196 g/mol. The van der Waals surface area contributed by atoms with Crippen LogP contribution in [0.25, 0.3) is 0 Å². The number of rotatable bonds is 2. The van der Waals surface area contributed by atoms with Crippen molar-refractivity contribution >= 4 is 5.97 Å². The van der Waals surface area contributed by atoms with Crippen molar-refractivity contribution in [3.63, 3.8) is 0 Å². The largest absolute Gasteiger partial charge is 0.451 e. The summed E-state index contributed by atoms with van der Waals surface area (Å²) in [4.78, 5) is 15.6. The lowest BCUT2D eigenvalue weighted by Gasteiger charge is -2.35. The molecule has 0 N–H and O–H groups in total. The number of carbonyl (C=O) groups is 1. The van der Waals surface area contributed by atoms with E-state index in [1.807, 2.05) is 19.0 Å². The molecule has 4 heteroatoms. The maximum absolute atomic E-state index is 11.5. The Morgan fingerprint density at radius 2 is 2.29 bits per heavy atom. The van der Waals surface area contributed by atoms with Gasteiger partial charge in [-0.25, -0.2) is 0 Å². The normalized spacial score (nSPS) is 24.2. The van der Waals surface area contributed by atoms with Crippen molar-refractivity contribution in [3.05, 3.63) is 0 Å². The Balaban J connectivity index is 2.48. The zero-order valence-electron chi connectivity index (χ0n) is 8.69. The number of carbonyl (C=O) groups excluding carboxylic acids is 1. The number of piperazine rings is 1. The second kappa shape index (κ2) is 4.99. The van der Waals surface area contributed by atoms with Crippen molar-refractivity contribution in [2.24, 2.45) is 0 Å². The number of likely N-dealkylation sites (N-methyl/N-ethyl adjacent to an activating group) is 2. The summed E-state index contributed by atoms with van der Waals surface area (Å²) in [7, 11) is 3.92. The summed E-state index contributed by atoms with van der Waals surface area (Å²) in [6.45, 7) is 2.63. The van der Waals surface area contributed by atoms with Gasteiger partial charge in [-0.05, 0) is 14.1 Å². The van der Waals surface area contributed by atoms with Crippen LogP contribution in [0.3, 0.4) is 0 Å². The number of esters is 1. The summed E-state index contributed by atoms with van der Waals surface area (Å²) < 4.78 is 4.91. The molecular weight excluding hydrogens is 180 g/mol. The summed E-state index contributed by atoms with van der Waals surface area (Å²) in [6.07, 6.45) is 5.02. The molecule has 4 nitrogen and oxygen atoms in total. The molecule has 0 bridgehead atoms. The molecule has 0 aromatic rings. The highest BCUT2D eigenvalue weighted by Crippen LogP contribution is 2.07. The van der Waals surface area contributed by atoms with E-state index in [-0.39, 0.29) is 18.6 Å². The first-order valence-electron chi connectivity index (χ1n) is 4.64. The Labute approximate surface area is 84.8 Å². The minimum atomic E-state index is -0.225. The van der Waals surface area contributed by atoms with Crippen LogP contribution < -0.4 is 0 Å². The van der Waals surface area contributed by atoms with Gasteiger partial charge in [-0.15, -0.1) is 6.42 Å². The third-order valence-electron chi connectivity index (χ3n) is 2.42. The van der Waals surface area contributed by atoms with Crippen molar-refractivity contribution in [1.82, 2.24) is 9.80 Å². The summed E-state index contributed by atoms with van der Waals surface area (Å²) in [6, 6.07) is -0.179. The van der Waals surface area contributed by atoms with Gasteiger partial charge in [-0.3, -0.25) is 9.69 Å². The Hall–Kier alpha value is -1.05. The van der Waals surface area contributed by atoms with Crippen LogP contribution in [-0.4, -0.2) is 62.1 Å². The van der Waals surface area contributed by atoms with Gasteiger partial charge in [0.2, 0.25) is 0 Å². The molecule has 0 aromatic heterocycles.